The third-order valence-electron chi connectivity index (χ3n) is 2.36. The molecule has 0 aromatic carbocycles. The molecule has 0 N–H and O–H groups in total. The van der Waals surface area contributed by atoms with E-state index in [-0.39, 0.29) is 0 Å². The Hall–Kier alpha value is 0.440. The van der Waals surface area contributed by atoms with Gasteiger partial charge in [0.1, 0.15) is 0 Å². The third-order valence-corrected chi connectivity index (χ3v) is 3.14. The largest absolute Gasteiger partial charge is 0.381 e. The molecule has 0 saturated heterocycles. The molecule has 2 heteroatoms. The van der Waals surface area contributed by atoms with Gasteiger partial charge in [0.15, 0.2) is 0 Å². The van der Waals surface area contributed by atoms with Crippen LogP contribution in [0.25, 0.3) is 0 Å². The van der Waals surface area contributed by atoms with Crippen LogP contribution in [0.2, 0.25) is 0 Å². The van der Waals surface area contributed by atoms with Gasteiger partial charge in [-0.2, -0.15) is 0 Å². The van der Waals surface area contributed by atoms with Crippen LogP contribution in [0, 0.1) is 11.3 Å². The molecule has 2 atom stereocenters. The lowest BCUT2D eigenvalue weighted by molar-refractivity contribution is 0.102. The van der Waals surface area contributed by atoms with Crippen molar-refractivity contribution in [3.63, 3.8) is 0 Å². The van der Waals surface area contributed by atoms with Gasteiger partial charge < -0.3 is 4.74 Å². The molecule has 60 valence electrons. The van der Waals surface area contributed by atoms with Crippen molar-refractivity contribution < 1.29 is 4.74 Å². The smallest absolute Gasteiger partial charge is 0.0522 e. The van der Waals surface area contributed by atoms with Gasteiger partial charge in [-0.1, -0.05) is 22.9 Å². The predicted octanol–water partition coefficient (Wildman–Crippen LogP) is 2.44. The second-order valence-corrected chi connectivity index (χ2v) is 3.99. The summed E-state index contributed by atoms with van der Waals surface area (Å²) in [7, 11) is 0. The molecule has 0 heterocycles. The lowest BCUT2D eigenvalue weighted by Crippen LogP contribution is -2.09. The van der Waals surface area contributed by atoms with Gasteiger partial charge in [0.05, 0.1) is 6.61 Å². The maximum absolute atomic E-state index is 5.37. The number of hydrogen-bond donors (Lipinski definition) is 0. The van der Waals surface area contributed by atoms with E-state index in [1.165, 1.54) is 6.42 Å². The lowest BCUT2D eigenvalue weighted by atomic mass is 10.1. The molecule has 0 amide bonds. The van der Waals surface area contributed by atoms with Crippen molar-refractivity contribution in [2.45, 2.75) is 20.3 Å². The molecule has 0 bridgehead atoms. The van der Waals surface area contributed by atoms with Crippen LogP contribution in [0.1, 0.15) is 20.3 Å². The Morgan fingerprint density at radius 2 is 2.40 bits per heavy atom. The highest BCUT2D eigenvalue weighted by Crippen LogP contribution is 2.52. The molecule has 1 aliphatic carbocycles. The minimum absolute atomic E-state index is 0.500. The van der Waals surface area contributed by atoms with Crippen LogP contribution in [0.15, 0.2) is 0 Å². The van der Waals surface area contributed by atoms with Gasteiger partial charge in [-0.3, -0.25) is 0 Å². The van der Waals surface area contributed by atoms with Gasteiger partial charge in [0, 0.05) is 11.9 Å². The summed E-state index contributed by atoms with van der Waals surface area (Å²) in [6, 6.07) is 0. The van der Waals surface area contributed by atoms with Crippen molar-refractivity contribution in [2.24, 2.45) is 11.3 Å². The van der Waals surface area contributed by atoms with Crippen molar-refractivity contribution in [2.75, 3.05) is 18.5 Å². The standard InChI is InChI=1S/C8H15BrO/c1-3-10-6-8(2)4-7(8)5-9/h7H,3-6H2,1-2H3. The van der Waals surface area contributed by atoms with Crippen LogP contribution in [0.3, 0.4) is 0 Å². The molecule has 0 spiro atoms. The van der Waals surface area contributed by atoms with Crippen LogP contribution >= 0.6 is 15.9 Å². The Bertz CT molecular complexity index is 116. The van der Waals surface area contributed by atoms with Crippen LogP contribution in [-0.2, 0) is 4.74 Å². The Morgan fingerprint density at radius 1 is 1.70 bits per heavy atom. The fraction of sp³-hybridized carbons (Fsp3) is 1.00. The zero-order chi connectivity index (χ0) is 7.61. The zero-order valence-electron chi connectivity index (χ0n) is 6.69. The first-order valence-corrected chi connectivity index (χ1v) is 4.99. The molecule has 0 aliphatic heterocycles. The summed E-state index contributed by atoms with van der Waals surface area (Å²) >= 11 is 3.49. The molecule has 1 nitrogen and oxygen atoms in total. The van der Waals surface area contributed by atoms with E-state index >= 15 is 0 Å². The summed E-state index contributed by atoms with van der Waals surface area (Å²) in [5, 5.41) is 1.14. The topological polar surface area (TPSA) is 9.23 Å². The first-order valence-electron chi connectivity index (χ1n) is 3.86. The molecule has 1 fully saturated rings. The molecule has 1 aliphatic rings. The average molecular weight is 207 g/mol. The van der Waals surface area contributed by atoms with E-state index in [0.29, 0.717) is 5.41 Å². The highest BCUT2D eigenvalue weighted by molar-refractivity contribution is 9.09. The van der Waals surface area contributed by atoms with Crippen LogP contribution in [0.4, 0.5) is 0 Å². The summed E-state index contributed by atoms with van der Waals surface area (Å²) in [4.78, 5) is 0. The predicted molar refractivity (Wildman–Crippen MR) is 46.5 cm³/mol. The molecular formula is C8H15BrO. The highest BCUT2D eigenvalue weighted by atomic mass is 79.9. The molecule has 0 aromatic heterocycles. The van der Waals surface area contributed by atoms with Crippen molar-refractivity contribution >= 4 is 15.9 Å². The van der Waals surface area contributed by atoms with Crippen LogP contribution < -0.4 is 0 Å². The fourth-order valence-electron chi connectivity index (χ4n) is 1.26. The fourth-order valence-corrected chi connectivity index (χ4v) is 2.27. The van der Waals surface area contributed by atoms with Crippen molar-refractivity contribution in [3.05, 3.63) is 0 Å². The van der Waals surface area contributed by atoms with Gasteiger partial charge in [-0.05, 0) is 24.7 Å². The summed E-state index contributed by atoms with van der Waals surface area (Å²) in [5.74, 6) is 0.860. The van der Waals surface area contributed by atoms with Crippen LogP contribution in [0.5, 0.6) is 0 Å². The van der Waals surface area contributed by atoms with E-state index in [1.807, 2.05) is 0 Å². The van der Waals surface area contributed by atoms with Gasteiger partial charge >= 0.3 is 0 Å². The summed E-state index contributed by atoms with van der Waals surface area (Å²) < 4.78 is 5.37. The van der Waals surface area contributed by atoms with E-state index in [9.17, 15) is 0 Å². The normalized spacial score (nSPS) is 38.1. The second kappa shape index (κ2) is 3.22. The maximum Gasteiger partial charge on any atom is 0.0522 e. The molecular weight excluding hydrogens is 192 g/mol. The van der Waals surface area contributed by atoms with Gasteiger partial charge in [0.2, 0.25) is 0 Å². The Balaban J connectivity index is 2.16. The van der Waals surface area contributed by atoms with E-state index in [0.717, 1.165) is 24.5 Å². The first kappa shape index (κ1) is 8.54. The monoisotopic (exact) mass is 206 g/mol. The highest BCUT2D eigenvalue weighted by Gasteiger charge is 2.48. The van der Waals surface area contributed by atoms with Gasteiger partial charge in [-0.15, -0.1) is 0 Å². The van der Waals surface area contributed by atoms with E-state index in [1.54, 1.807) is 0 Å². The zero-order valence-corrected chi connectivity index (χ0v) is 8.28. The summed E-state index contributed by atoms with van der Waals surface area (Å²) in [6.45, 7) is 6.15. The van der Waals surface area contributed by atoms with Gasteiger partial charge in [-0.25, -0.2) is 0 Å². The maximum atomic E-state index is 5.37. The van der Waals surface area contributed by atoms with E-state index in [2.05, 4.69) is 29.8 Å². The molecule has 10 heavy (non-hydrogen) atoms. The van der Waals surface area contributed by atoms with Crippen molar-refractivity contribution in [1.29, 1.82) is 0 Å². The Morgan fingerprint density at radius 3 is 2.80 bits per heavy atom. The quantitative estimate of drug-likeness (QED) is 0.643. The first-order chi connectivity index (χ1) is 4.73. The van der Waals surface area contributed by atoms with E-state index < -0.39 is 0 Å². The van der Waals surface area contributed by atoms with Crippen LogP contribution in [-0.4, -0.2) is 18.5 Å². The molecule has 1 rings (SSSR count). The Labute approximate surface area is 71.3 Å². The molecule has 0 aromatic rings. The average Bonchev–Trinajstić information content (AvgIpc) is 2.59. The number of alkyl halides is 1. The summed E-state index contributed by atoms with van der Waals surface area (Å²) in [5.41, 5.74) is 0.500. The number of rotatable bonds is 4. The van der Waals surface area contributed by atoms with E-state index in [4.69, 9.17) is 4.74 Å². The number of ether oxygens (including phenoxy) is 1. The molecule has 0 radical (unpaired) electrons. The minimum atomic E-state index is 0.500. The third kappa shape index (κ3) is 1.73. The minimum Gasteiger partial charge on any atom is -0.381 e. The van der Waals surface area contributed by atoms with Gasteiger partial charge in [0.25, 0.3) is 0 Å². The lowest BCUT2D eigenvalue weighted by Gasteiger charge is -2.08. The molecule has 2 unspecified atom stereocenters. The second-order valence-electron chi connectivity index (χ2n) is 3.35. The molecule has 1 saturated carbocycles. The SMILES string of the molecule is CCOCC1(C)CC1CBr. The number of halogens is 1. The summed E-state index contributed by atoms with van der Waals surface area (Å²) in [6.07, 6.45) is 1.33. The number of hydrogen-bond acceptors (Lipinski definition) is 1. The van der Waals surface area contributed by atoms with Crippen molar-refractivity contribution in [3.8, 4) is 0 Å². The Kier molecular flexibility index (Phi) is 2.75. The van der Waals surface area contributed by atoms with Crippen molar-refractivity contribution in [1.82, 2.24) is 0 Å².